The second-order valence-corrected chi connectivity index (χ2v) is 6.25. The zero-order chi connectivity index (χ0) is 17.2. The van der Waals surface area contributed by atoms with Gasteiger partial charge in [0.25, 0.3) is 5.91 Å². The van der Waals surface area contributed by atoms with E-state index in [1.54, 1.807) is 13.0 Å². The first kappa shape index (κ1) is 16.3. The highest BCUT2D eigenvalue weighted by atomic mass is 32.1. The molecule has 6 nitrogen and oxygen atoms in total. The number of hydrogen-bond donors (Lipinski definition) is 2. The van der Waals surface area contributed by atoms with Crippen molar-refractivity contribution in [2.24, 2.45) is 0 Å². The molecule has 3 aromatic rings. The van der Waals surface area contributed by atoms with Gasteiger partial charge in [0.15, 0.2) is 0 Å². The number of nitrogens with one attached hydrogen (secondary N) is 1. The van der Waals surface area contributed by atoms with Gasteiger partial charge in [0.05, 0.1) is 6.54 Å². The number of amides is 1. The summed E-state index contributed by atoms with van der Waals surface area (Å²) in [6, 6.07) is 5.87. The van der Waals surface area contributed by atoms with Gasteiger partial charge in [-0.3, -0.25) is 4.79 Å². The van der Waals surface area contributed by atoms with Crippen LogP contribution in [0.4, 0.5) is 4.39 Å². The van der Waals surface area contributed by atoms with E-state index in [1.807, 2.05) is 10.8 Å². The zero-order valence-electron chi connectivity index (χ0n) is 12.8. The molecule has 1 aromatic carbocycles. The maximum atomic E-state index is 14.2. The normalized spacial score (nSPS) is 13.5. The monoisotopic (exact) mass is 346 g/mol. The molecule has 8 heteroatoms. The third kappa shape index (κ3) is 3.34. The second kappa shape index (κ2) is 6.50. The first-order chi connectivity index (χ1) is 11.5. The molecule has 2 N–H and O–H groups in total. The molecular formula is C16H15FN4O2S. The summed E-state index contributed by atoms with van der Waals surface area (Å²) in [4.78, 5) is 15.9. The number of thiophene rings is 1. The Morgan fingerprint density at radius 3 is 2.92 bits per heavy atom. The molecule has 124 valence electrons. The van der Waals surface area contributed by atoms with Crippen LogP contribution in [-0.4, -0.2) is 32.3 Å². The number of aliphatic hydroxyl groups is 1. The van der Waals surface area contributed by atoms with E-state index in [9.17, 15) is 14.3 Å². The standard InChI is InChI=1S/C16H15FN4O2S/c1-16(23,12-4-5-24-7-12)8-19-15(22)11-2-3-14(13(17)6-11)21-10-18-9-20-21/h2-7,9-10,23H,8H2,1H3,(H,19,22). The molecule has 1 unspecified atom stereocenters. The average Bonchev–Trinajstić information content (AvgIpc) is 3.25. The lowest BCUT2D eigenvalue weighted by Crippen LogP contribution is -2.38. The maximum absolute atomic E-state index is 14.2. The third-order valence-electron chi connectivity index (χ3n) is 3.61. The van der Waals surface area contributed by atoms with Crippen molar-refractivity contribution in [2.75, 3.05) is 6.54 Å². The Morgan fingerprint density at radius 1 is 1.46 bits per heavy atom. The van der Waals surface area contributed by atoms with Crippen molar-refractivity contribution >= 4 is 17.2 Å². The molecule has 0 aliphatic carbocycles. The third-order valence-corrected chi connectivity index (χ3v) is 4.29. The van der Waals surface area contributed by atoms with Crippen LogP contribution in [0.5, 0.6) is 0 Å². The summed E-state index contributed by atoms with van der Waals surface area (Å²) >= 11 is 1.46. The average molecular weight is 346 g/mol. The lowest BCUT2D eigenvalue weighted by atomic mass is 9.99. The summed E-state index contributed by atoms with van der Waals surface area (Å²) in [7, 11) is 0. The minimum atomic E-state index is -1.19. The van der Waals surface area contributed by atoms with Gasteiger partial charge in [0, 0.05) is 5.56 Å². The molecule has 0 spiro atoms. The van der Waals surface area contributed by atoms with Gasteiger partial charge < -0.3 is 10.4 Å². The highest BCUT2D eigenvalue weighted by Crippen LogP contribution is 2.22. The smallest absolute Gasteiger partial charge is 0.251 e. The van der Waals surface area contributed by atoms with Crippen LogP contribution >= 0.6 is 11.3 Å². The van der Waals surface area contributed by atoms with Crippen LogP contribution in [0.15, 0.2) is 47.7 Å². The SMILES string of the molecule is CC(O)(CNC(=O)c1ccc(-n2cncn2)c(F)c1)c1ccsc1. The van der Waals surface area contributed by atoms with E-state index in [0.29, 0.717) is 0 Å². The van der Waals surface area contributed by atoms with Crippen molar-refractivity contribution < 1.29 is 14.3 Å². The Balaban J connectivity index is 1.71. The van der Waals surface area contributed by atoms with Crippen molar-refractivity contribution in [1.29, 1.82) is 0 Å². The van der Waals surface area contributed by atoms with Gasteiger partial charge in [-0.05, 0) is 47.5 Å². The number of carbonyl (C=O) groups is 1. The fourth-order valence-corrected chi connectivity index (χ4v) is 2.98. The lowest BCUT2D eigenvalue weighted by molar-refractivity contribution is 0.0530. The van der Waals surface area contributed by atoms with Crippen LogP contribution in [0.25, 0.3) is 5.69 Å². The number of rotatable bonds is 5. The van der Waals surface area contributed by atoms with Crippen molar-refractivity contribution in [2.45, 2.75) is 12.5 Å². The second-order valence-electron chi connectivity index (χ2n) is 5.47. The fraction of sp³-hybridized carbons (Fsp3) is 0.188. The van der Waals surface area contributed by atoms with Crippen LogP contribution in [-0.2, 0) is 5.60 Å². The topological polar surface area (TPSA) is 80.0 Å². The number of halogens is 1. The molecular weight excluding hydrogens is 331 g/mol. The summed E-state index contributed by atoms with van der Waals surface area (Å²) in [5.74, 6) is -1.05. The van der Waals surface area contributed by atoms with Gasteiger partial charge in [-0.25, -0.2) is 14.1 Å². The highest BCUT2D eigenvalue weighted by Gasteiger charge is 2.24. The first-order valence-corrected chi connectivity index (χ1v) is 8.09. The molecule has 2 aromatic heterocycles. The van der Waals surface area contributed by atoms with Gasteiger partial charge in [0.1, 0.15) is 29.8 Å². The van der Waals surface area contributed by atoms with Crippen LogP contribution in [0.2, 0.25) is 0 Å². The zero-order valence-corrected chi connectivity index (χ0v) is 13.6. The summed E-state index contributed by atoms with van der Waals surface area (Å²) in [6.45, 7) is 1.64. The summed E-state index contributed by atoms with van der Waals surface area (Å²) < 4.78 is 15.4. The summed E-state index contributed by atoms with van der Waals surface area (Å²) in [5.41, 5.74) is -0.0955. The summed E-state index contributed by atoms with van der Waals surface area (Å²) in [6.07, 6.45) is 2.67. The molecule has 3 rings (SSSR count). The number of aromatic nitrogens is 3. The molecule has 0 bridgehead atoms. The molecule has 0 fully saturated rings. The van der Waals surface area contributed by atoms with E-state index in [-0.39, 0.29) is 17.8 Å². The number of nitrogens with zero attached hydrogens (tertiary/aromatic N) is 3. The molecule has 0 aliphatic rings. The molecule has 24 heavy (non-hydrogen) atoms. The van der Waals surface area contributed by atoms with E-state index in [4.69, 9.17) is 0 Å². The predicted octanol–water partition coefficient (Wildman–Crippen LogP) is 2.11. The lowest BCUT2D eigenvalue weighted by Gasteiger charge is -2.22. The quantitative estimate of drug-likeness (QED) is 0.741. The van der Waals surface area contributed by atoms with Gasteiger partial charge in [0.2, 0.25) is 0 Å². The minimum Gasteiger partial charge on any atom is -0.384 e. The van der Waals surface area contributed by atoms with Gasteiger partial charge in [-0.15, -0.1) is 0 Å². The van der Waals surface area contributed by atoms with Crippen LogP contribution in [0.1, 0.15) is 22.8 Å². The highest BCUT2D eigenvalue weighted by molar-refractivity contribution is 7.08. The predicted molar refractivity (Wildman–Crippen MR) is 87.5 cm³/mol. The molecule has 0 saturated carbocycles. The maximum Gasteiger partial charge on any atom is 0.251 e. The molecule has 0 radical (unpaired) electrons. The van der Waals surface area contributed by atoms with Gasteiger partial charge in [-0.1, -0.05) is 0 Å². The number of benzene rings is 1. The Labute approximate surface area is 141 Å². The van der Waals surface area contributed by atoms with Gasteiger partial charge >= 0.3 is 0 Å². The van der Waals surface area contributed by atoms with E-state index < -0.39 is 17.3 Å². The molecule has 0 saturated heterocycles. The molecule has 1 atom stereocenters. The number of hydrogen-bond acceptors (Lipinski definition) is 5. The molecule has 2 heterocycles. The van der Waals surface area contributed by atoms with E-state index >= 15 is 0 Å². The van der Waals surface area contributed by atoms with Crippen molar-refractivity contribution in [1.82, 2.24) is 20.1 Å². The Hall–Kier alpha value is -2.58. The summed E-state index contributed by atoms with van der Waals surface area (Å²) in [5, 5.41) is 20.5. The van der Waals surface area contributed by atoms with E-state index in [0.717, 1.165) is 11.6 Å². The van der Waals surface area contributed by atoms with E-state index in [2.05, 4.69) is 15.4 Å². The Kier molecular flexibility index (Phi) is 4.41. The largest absolute Gasteiger partial charge is 0.384 e. The van der Waals surface area contributed by atoms with Crippen LogP contribution in [0, 0.1) is 5.82 Å². The van der Waals surface area contributed by atoms with Gasteiger partial charge in [-0.2, -0.15) is 16.4 Å². The Morgan fingerprint density at radius 2 is 2.29 bits per heavy atom. The van der Waals surface area contributed by atoms with Crippen LogP contribution in [0.3, 0.4) is 0 Å². The fourth-order valence-electron chi connectivity index (χ4n) is 2.19. The molecule has 0 aliphatic heterocycles. The number of carbonyl (C=O) groups excluding carboxylic acids is 1. The van der Waals surface area contributed by atoms with E-state index in [1.165, 1.54) is 40.8 Å². The van der Waals surface area contributed by atoms with Crippen molar-refractivity contribution in [3.05, 3.63) is 64.6 Å². The van der Waals surface area contributed by atoms with Crippen molar-refractivity contribution in [3.8, 4) is 5.69 Å². The Bertz CT molecular complexity index is 832. The molecule has 1 amide bonds. The van der Waals surface area contributed by atoms with Crippen molar-refractivity contribution in [3.63, 3.8) is 0 Å². The minimum absolute atomic E-state index is 0.0228. The van der Waals surface area contributed by atoms with Crippen LogP contribution < -0.4 is 5.32 Å². The first-order valence-electron chi connectivity index (χ1n) is 7.15.